The van der Waals surface area contributed by atoms with Crippen molar-refractivity contribution in [3.05, 3.63) is 59.9 Å². The predicted octanol–water partition coefficient (Wildman–Crippen LogP) is 2.65. The van der Waals surface area contributed by atoms with Crippen LogP contribution in [0.4, 0.5) is 24.5 Å². The van der Waals surface area contributed by atoms with Crippen molar-refractivity contribution in [2.24, 2.45) is 10.7 Å². The Bertz CT molecular complexity index is 786. The average molecular weight is 377 g/mol. The summed E-state index contributed by atoms with van der Waals surface area (Å²) < 4.78 is 39.7. The second-order valence-corrected chi connectivity index (χ2v) is 6.32. The van der Waals surface area contributed by atoms with Crippen LogP contribution < -0.4 is 16.0 Å². The minimum Gasteiger partial charge on any atom is -0.370 e. The van der Waals surface area contributed by atoms with E-state index in [9.17, 15) is 13.2 Å². The monoisotopic (exact) mass is 377 g/mol. The van der Waals surface area contributed by atoms with E-state index in [0.717, 1.165) is 50.1 Å². The molecule has 0 aliphatic carbocycles. The van der Waals surface area contributed by atoms with Gasteiger partial charge in [-0.1, -0.05) is 0 Å². The van der Waals surface area contributed by atoms with Crippen molar-refractivity contribution in [2.45, 2.75) is 0 Å². The fourth-order valence-electron chi connectivity index (χ4n) is 2.96. The highest BCUT2D eigenvalue weighted by molar-refractivity contribution is 5.92. The van der Waals surface area contributed by atoms with Crippen LogP contribution in [0.15, 0.2) is 47.5 Å². The van der Waals surface area contributed by atoms with E-state index in [-0.39, 0.29) is 17.5 Å². The lowest BCUT2D eigenvalue weighted by atomic mass is 10.2. The second kappa shape index (κ2) is 8.77. The summed E-state index contributed by atoms with van der Waals surface area (Å²) in [5.74, 6) is -1.33. The van der Waals surface area contributed by atoms with Crippen LogP contribution in [0.5, 0.6) is 0 Å². The lowest BCUT2D eigenvalue weighted by molar-refractivity contribution is 0.265. The Balaban J connectivity index is 1.43. The number of benzene rings is 2. The highest BCUT2D eigenvalue weighted by Gasteiger charge is 2.16. The van der Waals surface area contributed by atoms with Gasteiger partial charge < -0.3 is 16.0 Å². The van der Waals surface area contributed by atoms with Gasteiger partial charge in [0.25, 0.3) is 0 Å². The van der Waals surface area contributed by atoms with Gasteiger partial charge in [0, 0.05) is 44.5 Å². The number of hydrogen-bond donors (Lipinski definition) is 2. The number of rotatable bonds is 5. The van der Waals surface area contributed by atoms with Gasteiger partial charge in [0.15, 0.2) is 5.96 Å². The third-order valence-electron chi connectivity index (χ3n) is 4.45. The molecular weight excluding hydrogens is 355 g/mol. The number of anilines is 2. The smallest absolute Gasteiger partial charge is 0.193 e. The molecule has 1 saturated heterocycles. The quantitative estimate of drug-likeness (QED) is 0.621. The zero-order valence-electron chi connectivity index (χ0n) is 14.8. The van der Waals surface area contributed by atoms with Gasteiger partial charge in [0.2, 0.25) is 0 Å². The van der Waals surface area contributed by atoms with E-state index in [1.165, 1.54) is 12.1 Å². The summed E-state index contributed by atoms with van der Waals surface area (Å²) in [4.78, 5) is 8.63. The molecule has 3 rings (SSSR count). The molecule has 2 aromatic carbocycles. The Morgan fingerprint density at radius 2 is 1.63 bits per heavy atom. The van der Waals surface area contributed by atoms with Crippen LogP contribution in [-0.4, -0.2) is 50.1 Å². The van der Waals surface area contributed by atoms with Crippen LogP contribution in [0.3, 0.4) is 0 Å². The van der Waals surface area contributed by atoms with Crippen LogP contribution in [-0.2, 0) is 0 Å². The van der Waals surface area contributed by atoms with Crippen LogP contribution in [0.2, 0.25) is 0 Å². The first-order valence-electron chi connectivity index (χ1n) is 8.76. The second-order valence-electron chi connectivity index (χ2n) is 6.32. The van der Waals surface area contributed by atoms with Crippen molar-refractivity contribution in [1.82, 2.24) is 4.90 Å². The third kappa shape index (κ3) is 5.37. The van der Waals surface area contributed by atoms with Gasteiger partial charge in [0.1, 0.15) is 17.5 Å². The first-order valence-corrected chi connectivity index (χ1v) is 8.76. The standard InChI is InChI=1S/C19H22F3N5/c20-14-1-4-16(5-2-14)27-11-9-26(10-12-27)8-7-24-19(23)25-18-13-15(21)3-6-17(18)22/h1-6,13H,7-12H2,(H3,23,24,25). The number of nitrogens with zero attached hydrogens (tertiary/aromatic N) is 3. The molecule has 0 radical (unpaired) electrons. The van der Waals surface area contributed by atoms with Crippen molar-refractivity contribution >= 4 is 17.3 Å². The minimum absolute atomic E-state index is 0.0378. The van der Waals surface area contributed by atoms with Gasteiger partial charge in [-0.05, 0) is 36.4 Å². The molecule has 1 fully saturated rings. The predicted molar refractivity (Wildman–Crippen MR) is 102 cm³/mol. The van der Waals surface area contributed by atoms with Crippen LogP contribution in [0.1, 0.15) is 0 Å². The van der Waals surface area contributed by atoms with Crippen molar-refractivity contribution < 1.29 is 13.2 Å². The number of nitrogens with one attached hydrogen (secondary N) is 1. The maximum absolute atomic E-state index is 13.6. The Hall–Kier alpha value is -2.74. The van der Waals surface area contributed by atoms with Crippen LogP contribution in [0, 0.1) is 17.5 Å². The summed E-state index contributed by atoms with van der Waals surface area (Å²) in [6, 6.07) is 9.61. The highest BCUT2D eigenvalue weighted by atomic mass is 19.1. The molecule has 1 aliphatic rings. The Kier molecular flexibility index (Phi) is 6.18. The van der Waals surface area contributed by atoms with E-state index in [4.69, 9.17) is 5.73 Å². The summed E-state index contributed by atoms with van der Waals surface area (Å²) in [5.41, 5.74) is 6.72. The van der Waals surface area contributed by atoms with E-state index in [1.807, 2.05) is 0 Å². The van der Waals surface area contributed by atoms with Crippen molar-refractivity contribution in [3.63, 3.8) is 0 Å². The Morgan fingerprint density at radius 3 is 2.33 bits per heavy atom. The van der Waals surface area contributed by atoms with Gasteiger partial charge in [0.05, 0.1) is 12.2 Å². The first kappa shape index (κ1) is 19.0. The number of aliphatic imine (C=N–C) groups is 1. The molecule has 0 spiro atoms. The Labute approximate surface area is 156 Å². The first-order chi connectivity index (χ1) is 13.0. The molecule has 0 bridgehead atoms. The summed E-state index contributed by atoms with van der Waals surface area (Å²) >= 11 is 0. The van der Waals surface area contributed by atoms with Gasteiger partial charge in [-0.2, -0.15) is 0 Å². The summed E-state index contributed by atoms with van der Waals surface area (Å²) in [7, 11) is 0. The zero-order chi connectivity index (χ0) is 19.2. The molecule has 3 N–H and O–H groups in total. The molecule has 0 atom stereocenters. The molecular formula is C19H22F3N5. The molecule has 1 aliphatic heterocycles. The summed E-state index contributed by atoms with van der Waals surface area (Å²) in [6.45, 7) is 4.57. The van der Waals surface area contributed by atoms with Crippen LogP contribution in [0.25, 0.3) is 0 Å². The summed E-state index contributed by atoms with van der Waals surface area (Å²) in [5, 5.41) is 2.58. The van der Waals surface area contributed by atoms with E-state index in [1.54, 1.807) is 12.1 Å². The average Bonchev–Trinajstić information content (AvgIpc) is 2.66. The zero-order valence-corrected chi connectivity index (χ0v) is 14.8. The van der Waals surface area contributed by atoms with Crippen molar-refractivity contribution in [2.75, 3.05) is 49.5 Å². The van der Waals surface area contributed by atoms with E-state index in [0.29, 0.717) is 13.1 Å². The lowest BCUT2D eigenvalue weighted by Crippen LogP contribution is -2.47. The number of hydrogen-bond acceptors (Lipinski definition) is 3. The van der Waals surface area contributed by atoms with E-state index < -0.39 is 11.6 Å². The molecule has 2 aromatic rings. The lowest BCUT2D eigenvalue weighted by Gasteiger charge is -2.35. The molecule has 27 heavy (non-hydrogen) atoms. The fourth-order valence-corrected chi connectivity index (χ4v) is 2.96. The van der Waals surface area contributed by atoms with Gasteiger partial charge in [-0.25, -0.2) is 13.2 Å². The highest BCUT2D eigenvalue weighted by Crippen LogP contribution is 2.17. The van der Waals surface area contributed by atoms with Gasteiger partial charge in [-0.15, -0.1) is 0 Å². The molecule has 8 heteroatoms. The molecule has 0 aromatic heterocycles. The molecule has 0 amide bonds. The van der Waals surface area contributed by atoms with E-state index in [2.05, 4.69) is 20.1 Å². The number of guanidine groups is 1. The van der Waals surface area contributed by atoms with Gasteiger partial charge >= 0.3 is 0 Å². The minimum atomic E-state index is -0.591. The number of piperazine rings is 1. The van der Waals surface area contributed by atoms with Crippen molar-refractivity contribution in [1.29, 1.82) is 0 Å². The molecule has 5 nitrogen and oxygen atoms in total. The van der Waals surface area contributed by atoms with Crippen molar-refractivity contribution in [3.8, 4) is 0 Å². The fraction of sp³-hybridized carbons (Fsp3) is 0.316. The SMILES string of the molecule is NC(=NCCN1CCN(c2ccc(F)cc2)CC1)Nc1cc(F)ccc1F. The molecule has 1 heterocycles. The topological polar surface area (TPSA) is 56.9 Å². The van der Waals surface area contributed by atoms with E-state index >= 15 is 0 Å². The molecule has 0 saturated carbocycles. The maximum Gasteiger partial charge on any atom is 0.193 e. The summed E-state index contributed by atoms with van der Waals surface area (Å²) in [6.07, 6.45) is 0. The molecule has 144 valence electrons. The van der Waals surface area contributed by atoms with Gasteiger partial charge in [-0.3, -0.25) is 9.89 Å². The number of halogens is 3. The van der Waals surface area contributed by atoms with Crippen LogP contribution >= 0.6 is 0 Å². The molecule has 0 unspecified atom stereocenters. The Morgan fingerprint density at radius 1 is 0.963 bits per heavy atom. The largest absolute Gasteiger partial charge is 0.370 e. The normalized spacial score (nSPS) is 15.8. The maximum atomic E-state index is 13.6. The number of nitrogens with two attached hydrogens (primary N) is 1. The third-order valence-corrected chi connectivity index (χ3v) is 4.45.